The number of nitrogens with one attached hydrogen (secondary N) is 2. The van der Waals surface area contributed by atoms with Crippen LogP contribution < -0.4 is 10.6 Å². The van der Waals surface area contributed by atoms with E-state index in [0.717, 1.165) is 25.1 Å². The average Bonchev–Trinajstić information content (AvgIpc) is 3.00. The lowest BCUT2D eigenvalue weighted by Gasteiger charge is -2.11. The molecule has 5 heteroatoms. The first kappa shape index (κ1) is 15.3. The molecule has 5 nitrogen and oxygen atoms in total. The first-order valence-electron chi connectivity index (χ1n) is 7.25. The van der Waals surface area contributed by atoms with Gasteiger partial charge in [-0.3, -0.25) is 9.48 Å². The molecule has 0 unspecified atom stereocenters. The number of aromatic nitrogens is 2. The molecule has 21 heavy (non-hydrogen) atoms. The second kappa shape index (κ2) is 8.21. The maximum absolute atomic E-state index is 11.8. The third-order valence-electron chi connectivity index (χ3n) is 3.32. The minimum atomic E-state index is 0.0964. The van der Waals surface area contributed by atoms with Crippen molar-refractivity contribution in [2.24, 2.45) is 0 Å². The predicted octanol–water partition coefficient (Wildman–Crippen LogP) is 1.55. The Morgan fingerprint density at radius 3 is 2.76 bits per heavy atom. The highest BCUT2D eigenvalue weighted by molar-refractivity contribution is 5.75. The van der Waals surface area contributed by atoms with Crippen LogP contribution in [-0.2, 0) is 17.9 Å². The molecule has 0 bridgehead atoms. The van der Waals surface area contributed by atoms with Crippen LogP contribution in [-0.4, -0.2) is 29.3 Å². The van der Waals surface area contributed by atoms with Crippen molar-refractivity contribution < 1.29 is 4.79 Å². The van der Waals surface area contributed by atoms with Gasteiger partial charge in [-0.2, -0.15) is 5.10 Å². The lowest BCUT2D eigenvalue weighted by molar-refractivity contribution is -0.121. The molecule has 112 valence electrons. The van der Waals surface area contributed by atoms with Gasteiger partial charge < -0.3 is 10.6 Å². The van der Waals surface area contributed by atoms with Crippen LogP contribution in [0.3, 0.4) is 0 Å². The van der Waals surface area contributed by atoms with Crippen molar-refractivity contribution in [3.05, 3.63) is 53.9 Å². The SMILES string of the molecule is CNCCCC(=O)NCc1ccccc1Cn1cccn1. The summed E-state index contributed by atoms with van der Waals surface area (Å²) < 4.78 is 1.88. The molecule has 2 aromatic rings. The average molecular weight is 286 g/mol. The molecule has 0 saturated carbocycles. The molecular weight excluding hydrogens is 264 g/mol. The molecule has 0 radical (unpaired) electrons. The first-order valence-corrected chi connectivity index (χ1v) is 7.25. The number of hydrogen-bond acceptors (Lipinski definition) is 3. The van der Waals surface area contributed by atoms with Crippen molar-refractivity contribution in [2.45, 2.75) is 25.9 Å². The second-order valence-corrected chi connectivity index (χ2v) is 4.96. The normalized spacial score (nSPS) is 10.5. The third-order valence-corrected chi connectivity index (χ3v) is 3.32. The van der Waals surface area contributed by atoms with Crippen LogP contribution >= 0.6 is 0 Å². The first-order chi connectivity index (χ1) is 10.3. The van der Waals surface area contributed by atoms with Crippen molar-refractivity contribution in [3.8, 4) is 0 Å². The number of carbonyl (C=O) groups excluding carboxylic acids is 1. The molecule has 0 spiro atoms. The molecular formula is C16H22N4O. The lowest BCUT2D eigenvalue weighted by Crippen LogP contribution is -2.24. The fourth-order valence-corrected chi connectivity index (χ4v) is 2.16. The van der Waals surface area contributed by atoms with Gasteiger partial charge in [0.25, 0.3) is 0 Å². The van der Waals surface area contributed by atoms with Crippen LogP contribution in [0.15, 0.2) is 42.7 Å². The number of amides is 1. The molecule has 0 atom stereocenters. The van der Waals surface area contributed by atoms with Gasteiger partial charge >= 0.3 is 0 Å². The molecule has 0 aliphatic heterocycles. The Hall–Kier alpha value is -2.14. The molecule has 0 aliphatic carbocycles. The third kappa shape index (κ3) is 5.04. The van der Waals surface area contributed by atoms with E-state index in [1.807, 2.05) is 42.2 Å². The summed E-state index contributed by atoms with van der Waals surface area (Å²) in [5.41, 5.74) is 2.31. The summed E-state index contributed by atoms with van der Waals surface area (Å²) in [5.74, 6) is 0.0964. The Kier molecular flexibility index (Phi) is 5.97. The number of benzene rings is 1. The van der Waals surface area contributed by atoms with Crippen molar-refractivity contribution >= 4 is 5.91 Å². The Balaban J connectivity index is 1.89. The largest absolute Gasteiger partial charge is 0.352 e. The van der Waals surface area contributed by atoms with Crippen LogP contribution in [0.1, 0.15) is 24.0 Å². The maximum atomic E-state index is 11.8. The molecule has 2 N–H and O–H groups in total. The van der Waals surface area contributed by atoms with Crippen LogP contribution in [0.5, 0.6) is 0 Å². The van der Waals surface area contributed by atoms with Gasteiger partial charge in [0, 0.05) is 25.4 Å². The Morgan fingerprint density at radius 1 is 1.24 bits per heavy atom. The molecule has 1 heterocycles. The topological polar surface area (TPSA) is 59.0 Å². The fraction of sp³-hybridized carbons (Fsp3) is 0.375. The highest BCUT2D eigenvalue weighted by Crippen LogP contribution is 2.10. The van der Waals surface area contributed by atoms with E-state index in [4.69, 9.17) is 0 Å². The molecule has 0 saturated heterocycles. The molecule has 1 aromatic heterocycles. The molecule has 1 amide bonds. The van der Waals surface area contributed by atoms with Crippen LogP contribution in [0.2, 0.25) is 0 Å². The second-order valence-electron chi connectivity index (χ2n) is 4.96. The van der Waals surface area contributed by atoms with E-state index in [-0.39, 0.29) is 5.91 Å². The van der Waals surface area contributed by atoms with Crippen LogP contribution in [0, 0.1) is 0 Å². The summed E-state index contributed by atoms with van der Waals surface area (Å²) in [7, 11) is 1.89. The van der Waals surface area contributed by atoms with Gasteiger partial charge in [0.2, 0.25) is 5.91 Å². The lowest BCUT2D eigenvalue weighted by atomic mass is 10.1. The predicted molar refractivity (Wildman–Crippen MR) is 82.8 cm³/mol. The standard InChI is InChI=1S/C16H22N4O/c1-17-9-4-8-16(21)18-12-14-6-2-3-7-15(14)13-20-11-5-10-19-20/h2-3,5-7,10-11,17H,4,8-9,12-13H2,1H3,(H,18,21). The van der Waals surface area contributed by atoms with Crippen molar-refractivity contribution in [1.82, 2.24) is 20.4 Å². The fourth-order valence-electron chi connectivity index (χ4n) is 2.16. The zero-order valence-corrected chi connectivity index (χ0v) is 12.4. The quantitative estimate of drug-likeness (QED) is 0.724. The van der Waals surface area contributed by atoms with Gasteiger partial charge in [0.05, 0.1) is 6.54 Å². The Bertz CT molecular complexity index is 551. The highest BCUT2D eigenvalue weighted by atomic mass is 16.1. The van der Waals surface area contributed by atoms with Gasteiger partial charge in [-0.15, -0.1) is 0 Å². The molecule has 0 fully saturated rings. The van der Waals surface area contributed by atoms with Crippen molar-refractivity contribution in [1.29, 1.82) is 0 Å². The summed E-state index contributed by atoms with van der Waals surface area (Å²) in [4.78, 5) is 11.8. The van der Waals surface area contributed by atoms with Crippen molar-refractivity contribution in [3.63, 3.8) is 0 Å². The van der Waals surface area contributed by atoms with E-state index < -0.39 is 0 Å². The number of rotatable bonds is 8. The van der Waals surface area contributed by atoms with Gasteiger partial charge in [-0.25, -0.2) is 0 Å². The zero-order chi connectivity index (χ0) is 14.9. The zero-order valence-electron chi connectivity index (χ0n) is 12.4. The van der Waals surface area contributed by atoms with E-state index in [1.165, 1.54) is 5.56 Å². The van der Waals surface area contributed by atoms with Gasteiger partial charge in [0.15, 0.2) is 0 Å². The smallest absolute Gasteiger partial charge is 0.220 e. The minimum Gasteiger partial charge on any atom is -0.352 e. The monoisotopic (exact) mass is 286 g/mol. The van der Waals surface area contributed by atoms with Crippen LogP contribution in [0.25, 0.3) is 0 Å². The van der Waals surface area contributed by atoms with Gasteiger partial charge in [-0.1, -0.05) is 24.3 Å². The highest BCUT2D eigenvalue weighted by Gasteiger charge is 2.05. The van der Waals surface area contributed by atoms with E-state index >= 15 is 0 Å². The van der Waals surface area contributed by atoms with E-state index in [0.29, 0.717) is 13.0 Å². The minimum absolute atomic E-state index is 0.0964. The van der Waals surface area contributed by atoms with E-state index in [1.54, 1.807) is 6.20 Å². The molecule has 1 aromatic carbocycles. The van der Waals surface area contributed by atoms with Gasteiger partial charge in [0.1, 0.15) is 0 Å². The van der Waals surface area contributed by atoms with E-state index in [9.17, 15) is 4.79 Å². The summed E-state index contributed by atoms with van der Waals surface area (Å²) in [5, 5.41) is 10.2. The number of nitrogens with zero attached hydrogens (tertiary/aromatic N) is 2. The Labute approximate surface area is 125 Å². The summed E-state index contributed by atoms with van der Waals surface area (Å²) >= 11 is 0. The van der Waals surface area contributed by atoms with Crippen LogP contribution in [0.4, 0.5) is 0 Å². The molecule has 0 aliphatic rings. The maximum Gasteiger partial charge on any atom is 0.220 e. The van der Waals surface area contributed by atoms with Crippen molar-refractivity contribution in [2.75, 3.05) is 13.6 Å². The summed E-state index contributed by atoms with van der Waals surface area (Å²) in [6.45, 7) is 2.15. The molecule has 2 rings (SSSR count). The summed E-state index contributed by atoms with van der Waals surface area (Å²) in [6, 6.07) is 10.0. The number of hydrogen-bond donors (Lipinski definition) is 2. The van der Waals surface area contributed by atoms with Gasteiger partial charge in [-0.05, 0) is 37.2 Å². The number of carbonyl (C=O) groups is 1. The Morgan fingerprint density at radius 2 is 2.05 bits per heavy atom. The van der Waals surface area contributed by atoms with E-state index in [2.05, 4.69) is 21.8 Å². The summed E-state index contributed by atoms with van der Waals surface area (Å²) in [6.07, 6.45) is 5.12.